The normalized spacial score (nSPS) is 11.6. The number of hydrogen-bond donors (Lipinski definition) is 0. The van der Waals surface area contributed by atoms with Crippen LogP contribution in [0.3, 0.4) is 0 Å². The Morgan fingerprint density at radius 1 is 0.311 bits per heavy atom. The number of furan rings is 1. The van der Waals surface area contributed by atoms with Crippen molar-refractivity contribution in [2.75, 3.05) is 4.90 Å². The second-order valence-corrected chi connectivity index (χ2v) is 16.6. The molecule has 0 saturated heterocycles. The molecule has 0 amide bonds. The van der Waals surface area contributed by atoms with E-state index < -0.39 is 0 Å². The summed E-state index contributed by atoms with van der Waals surface area (Å²) < 4.78 is 9.06. The number of benzene rings is 10. The van der Waals surface area contributed by atoms with Gasteiger partial charge in [-0.25, -0.2) is 0 Å². The number of thiophene rings is 1. The molecular weight excluding hydrogens is 759 g/mol. The zero-order valence-electron chi connectivity index (χ0n) is 33.1. The van der Waals surface area contributed by atoms with Crippen molar-refractivity contribution < 1.29 is 4.42 Å². The Bertz CT molecular complexity index is 3590. The van der Waals surface area contributed by atoms with Crippen molar-refractivity contribution in [2.24, 2.45) is 0 Å². The fourth-order valence-corrected chi connectivity index (χ4v) is 10.6. The molecule has 12 rings (SSSR count). The monoisotopic (exact) mass is 795 g/mol. The molecule has 0 aliphatic heterocycles. The summed E-state index contributed by atoms with van der Waals surface area (Å²) >= 11 is 1.86. The van der Waals surface area contributed by atoms with Gasteiger partial charge < -0.3 is 9.32 Å². The minimum absolute atomic E-state index is 0.879. The molecule has 0 fully saturated rings. The molecular formula is C58H37NOS. The molecule has 10 aromatic carbocycles. The van der Waals surface area contributed by atoms with Crippen molar-refractivity contribution in [1.29, 1.82) is 0 Å². The topological polar surface area (TPSA) is 16.4 Å². The van der Waals surface area contributed by atoms with E-state index in [4.69, 9.17) is 4.42 Å². The first-order valence-corrected chi connectivity index (χ1v) is 21.6. The van der Waals surface area contributed by atoms with Crippen LogP contribution < -0.4 is 4.90 Å². The minimum Gasteiger partial charge on any atom is -0.456 e. The number of rotatable bonds is 7. The van der Waals surface area contributed by atoms with Gasteiger partial charge in [0.2, 0.25) is 0 Å². The Kier molecular flexibility index (Phi) is 8.39. The second-order valence-electron chi connectivity index (χ2n) is 15.5. The van der Waals surface area contributed by atoms with E-state index in [0.717, 1.165) is 55.7 Å². The molecule has 0 bridgehead atoms. The third-order valence-electron chi connectivity index (χ3n) is 12.1. The van der Waals surface area contributed by atoms with Gasteiger partial charge in [0, 0.05) is 47.8 Å². The molecule has 286 valence electrons. The van der Waals surface area contributed by atoms with E-state index in [0.29, 0.717) is 0 Å². The summed E-state index contributed by atoms with van der Waals surface area (Å²) in [5.74, 6) is 0. The van der Waals surface area contributed by atoms with Gasteiger partial charge in [0.15, 0.2) is 0 Å². The lowest BCUT2D eigenvalue weighted by Gasteiger charge is -2.30. The fourth-order valence-electron chi connectivity index (χ4n) is 9.43. The summed E-state index contributed by atoms with van der Waals surface area (Å²) in [6, 6.07) is 81.2. The van der Waals surface area contributed by atoms with E-state index in [-0.39, 0.29) is 0 Å². The summed E-state index contributed by atoms with van der Waals surface area (Å²) in [5, 5.41) is 7.29. The second kappa shape index (κ2) is 14.5. The summed E-state index contributed by atoms with van der Waals surface area (Å²) in [6.07, 6.45) is 0. The lowest BCUT2D eigenvalue weighted by atomic mass is 9.90. The molecule has 0 atom stereocenters. The molecule has 61 heavy (non-hydrogen) atoms. The molecule has 2 aromatic heterocycles. The van der Waals surface area contributed by atoms with Gasteiger partial charge in [-0.2, -0.15) is 0 Å². The standard InChI is InChI=1S/C58H37NOS/c1-2-16-38(17-3-1)42-24-12-18-40-19-13-26-46(56(40)42)44-20-4-8-28-50(44)59(41-36-34-39(35-37-41)43-25-15-33-55-58(43)49-23-7-11-32-54(49)61-55)51-29-9-5-21-45(51)47-27-14-31-53-57(47)48-22-6-10-30-52(48)60-53/h1-37H. The number of anilines is 3. The van der Waals surface area contributed by atoms with Crippen LogP contribution in [0.25, 0.3) is 97.4 Å². The lowest BCUT2D eigenvalue weighted by molar-refractivity contribution is 0.669. The van der Waals surface area contributed by atoms with Crippen molar-refractivity contribution in [3.8, 4) is 44.5 Å². The summed E-state index contributed by atoms with van der Waals surface area (Å²) in [6.45, 7) is 0. The van der Waals surface area contributed by atoms with E-state index in [1.54, 1.807) is 0 Å². The van der Waals surface area contributed by atoms with Crippen LogP contribution in [-0.4, -0.2) is 0 Å². The summed E-state index contributed by atoms with van der Waals surface area (Å²) in [5.41, 5.74) is 14.4. The zero-order chi connectivity index (χ0) is 40.3. The molecule has 0 radical (unpaired) electrons. The predicted molar refractivity (Wildman–Crippen MR) is 261 cm³/mol. The van der Waals surface area contributed by atoms with Crippen LogP contribution in [0.15, 0.2) is 229 Å². The molecule has 2 heterocycles. The van der Waals surface area contributed by atoms with E-state index in [2.05, 4.69) is 223 Å². The Morgan fingerprint density at radius 3 is 1.57 bits per heavy atom. The van der Waals surface area contributed by atoms with Crippen molar-refractivity contribution in [1.82, 2.24) is 0 Å². The molecule has 0 aliphatic rings. The SMILES string of the molecule is c1ccc(-c2cccc3cccc(-c4ccccc4N(c4ccc(-c5cccc6sc7ccccc7c56)cc4)c4ccccc4-c4cccc5oc6ccccc6c45)c23)cc1. The highest BCUT2D eigenvalue weighted by atomic mass is 32.1. The van der Waals surface area contributed by atoms with Crippen molar-refractivity contribution >= 4 is 81.3 Å². The van der Waals surface area contributed by atoms with Gasteiger partial charge in [0.25, 0.3) is 0 Å². The van der Waals surface area contributed by atoms with Crippen LogP contribution in [0.2, 0.25) is 0 Å². The number of nitrogens with zero attached hydrogens (tertiary/aromatic N) is 1. The average Bonchev–Trinajstić information content (AvgIpc) is 3.91. The van der Waals surface area contributed by atoms with Crippen molar-refractivity contribution in [3.63, 3.8) is 0 Å². The van der Waals surface area contributed by atoms with E-state index in [1.807, 2.05) is 17.4 Å². The minimum atomic E-state index is 0.879. The molecule has 12 aromatic rings. The predicted octanol–water partition coefficient (Wildman–Crippen LogP) is 17.2. The summed E-state index contributed by atoms with van der Waals surface area (Å²) in [4.78, 5) is 2.46. The summed E-state index contributed by atoms with van der Waals surface area (Å²) in [7, 11) is 0. The van der Waals surface area contributed by atoms with Crippen LogP contribution in [0.1, 0.15) is 0 Å². The Balaban J connectivity index is 1.11. The van der Waals surface area contributed by atoms with Gasteiger partial charge in [-0.3, -0.25) is 0 Å². The van der Waals surface area contributed by atoms with E-state index >= 15 is 0 Å². The maximum atomic E-state index is 6.44. The third kappa shape index (κ3) is 5.85. The first kappa shape index (κ1) is 35.2. The van der Waals surface area contributed by atoms with Gasteiger partial charge in [-0.05, 0) is 92.7 Å². The van der Waals surface area contributed by atoms with Crippen LogP contribution in [0.5, 0.6) is 0 Å². The Morgan fingerprint density at radius 2 is 0.820 bits per heavy atom. The third-order valence-corrected chi connectivity index (χ3v) is 13.2. The van der Waals surface area contributed by atoms with Gasteiger partial charge in [-0.1, -0.05) is 176 Å². The quantitative estimate of drug-likeness (QED) is 0.160. The van der Waals surface area contributed by atoms with Gasteiger partial charge in [-0.15, -0.1) is 11.3 Å². The molecule has 2 nitrogen and oxygen atoms in total. The molecule has 0 spiro atoms. The number of para-hydroxylation sites is 3. The average molecular weight is 796 g/mol. The number of hydrogen-bond acceptors (Lipinski definition) is 3. The van der Waals surface area contributed by atoms with Gasteiger partial charge >= 0.3 is 0 Å². The van der Waals surface area contributed by atoms with E-state index in [1.165, 1.54) is 58.8 Å². The largest absolute Gasteiger partial charge is 0.456 e. The number of fused-ring (bicyclic) bond motifs is 7. The first-order chi connectivity index (χ1) is 30.3. The maximum absolute atomic E-state index is 6.44. The highest BCUT2D eigenvalue weighted by Gasteiger charge is 2.24. The van der Waals surface area contributed by atoms with Crippen LogP contribution in [0, 0.1) is 0 Å². The zero-order valence-corrected chi connectivity index (χ0v) is 33.9. The Hall–Kier alpha value is -7.72. The van der Waals surface area contributed by atoms with Gasteiger partial charge in [0.1, 0.15) is 11.2 Å². The molecule has 3 heteroatoms. The smallest absolute Gasteiger partial charge is 0.136 e. The van der Waals surface area contributed by atoms with Crippen LogP contribution >= 0.6 is 11.3 Å². The van der Waals surface area contributed by atoms with Gasteiger partial charge in [0.05, 0.1) is 11.4 Å². The molecule has 0 aliphatic carbocycles. The molecule has 0 N–H and O–H groups in total. The van der Waals surface area contributed by atoms with Crippen LogP contribution in [0.4, 0.5) is 17.1 Å². The van der Waals surface area contributed by atoms with Crippen molar-refractivity contribution in [3.05, 3.63) is 224 Å². The first-order valence-electron chi connectivity index (χ1n) is 20.8. The Labute approximate surface area is 357 Å². The maximum Gasteiger partial charge on any atom is 0.136 e. The molecule has 0 unspecified atom stereocenters. The molecule has 0 saturated carbocycles. The highest BCUT2D eigenvalue weighted by molar-refractivity contribution is 7.25. The van der Waals surface area contributed by atoms with Crippen LogP contribution in [-0.2, 0) is 0 Å². The fraction of sp³-hybridized carbons (Fsp3) is 0. The lowest BCUT2D eigenvalue weighted by Crippen LogP contribution is -2.12. The van der Waals surface area contributed by atoms with E-state index in [9.17, 15) is 0 Å². The van der Waals surface area contributed by atoms with Crippen molar-refractivity contribution in [2.45, 2.75) is 0 Å². The highest BCUT2D eigenvalue weighted by Crippen LogP contribution is 2.49.